The van der Waals surface area contributed by atoms with E-state index < -0.39 is 5.97 Å². The first-order chi connectivity index (χ1) is 6.73. The third kappa shape index (κ3) is 1.70. The van der Waals surface area contributed by atoms with Crippen LogP contribution in [0.4, 0.5) is 0 Å². The van der Waals surface area contributed by atoms with Crippen LogP contribution < -0.4 is 0 Å². The van der Waals surface area contributed by atoms with E-state index in [1.807, 2.05) is 0 Å². The molecule has 2 fully saturated rings. The number of carbonyl (C=O) groups is 1. The Bertz CT molecular complexity index is 259. The average Bonchev–Trinajstić information content (AvgIpc) is 2.58. The van der Waals surface area contributed by atoms with Crippen molar-refractivity contribution in [3.63, 3.8) is 0 Å². The van der Waals surface area contributed by atoms with Crippen LogP contribution in [0.1, 0.15) is 51.4 Å². The predicted molar refractivity (Wildman–Crippen MR) is 55.1 cm³/mol. The van der Waals surface area contributed by atoms with Crippen LogP contribution in [0, 0.1) is 5.41 Å². The van der Waals surface area contributed by atoms with E-state index in [0.717, 1.165) is 6.42 Å². The van der Waals surface area contributed by atoms with E-state index in [1.54, 1.807) is 0 Å². The van der Waals surface area contributed by atoms with Gasteiger partial charge in [0.05, 0.1) is 0 Å². The zero-order chi connectivity index (χ0) is 10.0. The van der Waals surface area contributed by atoms with Crippen molar-refractivity contribution in [1.82, 2.24) is 0 Å². The van der Waals surface area contributed by atoms with Gasteiger partial charge in [0.2, 0.25) is 0 Å². The molecular weight excluding hydrogens is 176 g/mol. The van der Waals surface area contributed by atoms with Gasteiger partial charge in [0.25, 0.3) is 0 Å². The summed E-state index contributed by atoms with van der Waals surface area (Å²) < 4.78 is 0. The van der Waals surface area contributed by atoms with E-state index in [2.05, 4.69) is 0 Å². The molecule has 0 radical (unpaired) electrons. The van der Waals surface area contributed by atoms with Crippen molar-refractivity contribution in [2.45, 2.75) is 51.4 Å². The van der Waals surface area contributed by atoms with Gasteiger partial charge < -0.3 is 5.11 Å². The molecule has 2 heteroatoms. The first-order valence-corrected chi connectivity index (χ1v) is 5.67. The third-order valence-electron chi connectivity index (χ3n) is 3.89. The maximum atomic E-state index is 10.7. The van der Waals surface area contributed by atoms with Gasteiger partial charge in [0, 0.05) is 6.08 Å². The summed E-state index contributed by atoms with van der Waals surface area (Å²) in [4.78, 5) is 10.7. The second kappa shape index (κ2) is 3.76. The summed E-state index contributed by atoms with van der Waals surface area (Å²) in [5, 5.41) is 8.83. The molecule has 0 heterocycles. The van der Waals surface area contributed by atoms with Gasteiger partial charge in [-0.05, 0) is 37.5 Å². The summed E-state index contributed by atoms with van der Waals surface area (Å²) in [5.74, 6) is -0.756. The Kier molecular flexibility index (Phi) is 2.62. The Morgan fingerprint density at radius 1 is 1.14 bits per heavy atom. The molecule has 0 saturated heterocycles. The monoisotopic (exact) mass is 194 g/mol. The Balaban J connectivity index is 2.22. The first-order valence-electron chi connectivity index (χ1n) is 5.67. The molecule has 2 aliphatic rings. The minimum Gasteiger partial charge on any atom is -0.478 e. The molecule has 14 heavy (non-hydrogen) atoms. The van der Waals surface area contributed by atoms with Crippen molar-refractivity contribution in [1.29, 1.82) is 0 Å². The molecule has 0 aliphatic heterocycles. The van der Waals surface area contributed by atoms with Gasteiger partial charge in [-0.3, -0.25) is 0 Å². The molecule has 78 valence electrons. The maximum absolute atomic E-state index is 10.7. The lowest BCUT2D eigenvalue weighted by Crippen LogP contribution is -2.24. The van der Waals surface area contributed by atoms with E-state index >= 15 is 0 Å². The molecule has 1 N–H and O–H groups in total. The fourth-order valence-electron chi connectivity index (χ4n) is 3.20. The van der Waals surface area contributed by atoms with E-state index in [0.29, 0.717) is 5.41 Å². The highest BCUT2D eigenvalue weighted by molar-refractivity contribution is 5.81. The van der Waals surface area contributed by atoms with Crippen LogP contribution in [0.25, 0.3) is 0 Å². The van der Waals surface area contributed by atoms with E-state index in [1.165, 1.54) is 56.6 Å². The molecular formula is C12H18O2. The molecule has 1 spiro atoms. The number of allylic oxidation sites excluding steroid dienone is 1. The SMILES string of the molecule is O=C(O)/C=C1/CCCCC12CCCC2. The van der Waals surface area contributed by atoms with Gasteiger partial charge in [-0.25, -0.2) is 4.79 Å². The smallest absolute Gasteiger partial charge is 0.328 e. The molecule has 0 amide bonds. The minimum atomic E-state index is -0.756. The minimum absolute atomic E-state index is 0.302. The van der Waals surface area contributed by atoms with Crippen LogP contribution in [0.5, 0.6) is 0 Å². The van der Waals surface area contributed by atoms with Crippen molar-refractivity contribution in [2.75, 3.05) is 0 Å². The number of rotatable bonds is 1. The number of carboxylic acid groups (broad SMARTS) is 1. The van der Waals surface area contributed by atoms with Gasteiger partial charge in [0.15, 0.2) is 0 Å². The lowest BCUT2D eigenvalue weighted by molar-refractivity contribution is -0.131. The highest BCUT2D eigenvalue weighted by Crippen LogP contribution is 2.52. The summed E-state index contributed by atoms with van der Waals surface area (Å²) in [7, 11) is 0. The topological polar surface area (TPSA) is 37.3 Å². The Hall–Kier alpha value is -0.790. The second-order valence-electron chi connectivity index (χ2n) is 4.70. The fraction of sp³-hybridized carbons (Fsp3) is 0.750. The Morgan fingerprint density at radius 2 is 1.71 bits per heavy atom. The van der Waals surface area contributed by atoms with E-state index in [9.17, 15) is 4.79 Å². The lowest BCUT2D eigenvalue weighted by Gasteiger charge is -2.36. The highest BCUT2D eigenvalue weighted by Gasteiger charge is 2.38. The average molecular weight is 194 g/mol. The van der Waals surface area contributed by atoms with Crippen LogP contribution >= 0.6 is 0 Å². The summed E-state index contributed by atoms with van der Waals surface area (Å²) in [6.07, 6.45) is 11.2. The molecule has 0 atom stereocenters. The quantitative estimate of drug-likeness (QED) is 0.651. The first kappa shape index (κ1) is 9.75. The van der Waals surface area contributed by atoms with Crippen LogP contribution in [-0.4, -0.2) is 11.1 Å². The molecule has 2 rings (SSSR count). The number of hydrogen-bond donors (Lipinski definition) is 1. The summed E-state index contributed by atoms with van der Waals surface area (Å²) in [6, 6.07) is 0. The predicted octanol–water partition coefficient (Wildman–Crippen LogP) is 3.13. The molecule has 0 bridgehead atoms. The normalized spacial score (nSPS) is 28.4. The van der Waals surface area contributed by atoms with Crippen molar-refractivity contribution in [2.24, 2.45) is 5.41 Å². The zero-order valence-electron chi connectivity index (χ0n) is 8.59. The number of aliphatic carboxylic acids is 1. The van der Waals surface area contributed by atoms with Crippen molar-refractivity contribution < 1.29 is 9.90 Å². The van der Waals surface area contributed by atoms with Crippen molar-refractivity contribution in [3.8, 4) is 0 Å². The van der Waals surface area contributed by atoms with E-state index in [4.69, 9.17) is 5.11 Å². The summed E-state index contributed by atoms with van der Waals surface area (Å²) in [5.41, 5.74) is 1.53. The number of hydrogen-bond acceptors (Lipinski definition) is 1. The van der Waals surface area contributed by atoms with Crippen molar-refractivity contribution in [3.05, 3.63) is 11.6 Å². The lowest BCUT2D eigenvalue weighted by atomic mass is 9.69. The molecule has 0 aromatic heterocycles. The molecule has 2 saturated carbocycles. The largest absolute Gasteiger partial charge is 0.478 e. The molecule has 2 nitrogen and oxygen atoms in total. The zero-order valence-corrected chi connectivity index (χ0v) is 8.59. The standard InChI is InChI=1S/C12H18O2/c13-11(14)9-10-5-1-2-6-12(10)7-3-4-8-12/h9H,1-8H2,(H,13,14)/b10-9-. The van der Waals surface area contributed by atoms with Gasteiger partial charge in [-0.1, -0.05) is 24.8 Å². The van der Waals surface area contributed by atoms with Gasteiger partial charge in [0.1, 0.15) is 0 Å². The van der Waals surface area contributed by atoms with Crippen LogP contribution in [0.3, 0.4) is 0 Å². The second-order valence-corrected chi connectivity index (χ2v) is 4.70. The summed E-state index contributed by atoms with van der Waals surface area (Å²) >= 11 is 0. The van der Waals surface area contributed by atoms with Crippen LogP contribution in [0.2, 0.25) is 0 Å². The summed E-state index contributed by atoms with van der Waals surface area (Å²) in [6.45, 7) is 0. The van der Waals surface area contributed by atoms with Gasteiger partial charge in [-0.15, -0.1) is 0 Å². The highest BCUT2D eigenvalue weighted by atomic mass is 16.4. The molecule has 2 aliphatic carbocycles. The fourth-order valence-corrected chi connectivity index (χ4v) is 3.20. The number of carboxylic acids is 1. The third-order valence-corrected chi connectivity index (χ3v) is 3.89. The molecule has 0 aromatic carbocycles. The van der Waals surface area contributed by atoms with Gasteiger partial charge in [-0.2, -0.15) is 0 Å². The maximum Gasteiger partial charge on any atom is 0.328 e. The Labute approximate surface area is 85.0 Å². The molecule has 0 aromatic rings. The van der Waals surface area contributed by atoms with Crippen LogP contribution in [0.15, 0.2) is 11.6 Å². The van der Waals surface area contributed by atoms with Gasteiger partial charge >= 0.3 is 5.97 Å². The Morgan fingerprint density at radius 3 is 2.29 bits per heavy atom. The van der Waals surface area contributed by atoms with Crippen molar-refractivity contribution >= 4 is 5.97 Å². The van der Waals surface area contributed by atoms with Crippen LogP contribution in [-0.2, 0) is 4.79 Å². The van der Waals surface area contributed by atoms with E-state index in [-0.39, 0.29) is 0 Å². The molecule has 0 unspecified atom stereocenters.